The molecule has 1 N–H and O–H groups in total. The summed E-state index contributed by atoms with van der Waals surface area (Å²) in [7, 11) is -2.08. The van der Waals surface area contributed by atoms with Crippen molar-refractivity contribution in [3.05, 3.63) is 35.7 Å². The van der Waals surface area contributed by atoms with Gasteiger partial charge in [-0.2, -0.15) is 0 Å². The molecule has 1 aromatic carbocycles. The third-order valence-electron chi connectivity index (χ3n) is 5.40. The van der Waals surface area contributed by atoms with Crippen molar-refractivity contribution in [3.63, 3.8) is 0 Å². The molecule has 1 aliphatic rings. The molecular weight excluding hydrogens is 392 g/mol. The van der Waals surface area contributed by atoms with E-state index in [0.29, 0.717) is 29.0 Å². The maximum absolute atomic E-state index is 12.6. The summed E-state index contributed by atoms with van der Waals surface area (Å²) in [6.45, 7) is 3.77. The average molecular weight is 421 g/mol. The topological polar surface area (TPSA) is 98.5 Å². The molecule has 7 nitrogen and oxygen atoms in total. The first-order valence-electron chi connectivity index (χ1n) is 9.88. The number of methoxy groups -OCH3 is 1. The first kappa shape index (κ1) is 21.4. The van der Waals surface area contributed by atoms with Crippen LogP contribution in [0.4, 0.5) is 0 Å². The minimum absolute atomic E-state index is 0.0573. The summed E-state index contributed by atoms with van der Waals surface area (Å²) >= 11 is 0. The van der Waals surface area contributed by atoms with E-state index in [-0.39, 0.29) is 11.8 Å². The Balaban J connectivity index is 1.65. The fraction of sp³-hybridized carbons (Fsp3) is 0.524. The summed E-state index contributed by atoms with van der Waals surface area (Å²) in [6, 6.07) is 7.20. The highest BCUT2D eigenvalue weighted by molar-refractivity contribution is 7.91. The van der Waals surface area contributed by atoms with Crippen LogP contribution in [0.5, 0.6) is 5.75 Å². The summed E-state index contributed by atoms with van der Waals surface area (Å²) in [5.74, 6) is 0.544. The second-order valence-corrected chi connectivity index (χ2v) is 9.78. The Kier molecular flexibility index (Phi) is 6.62. The summed E-state index contributed by atoms with van der Waals surface area (Å²) in [5, 5.41) is 2.89. The number of benzene rings is 1. The summed E-state index contributed by atoms with van der Waals surface area (Å²) in [4.78, 5) is 16.6. The number of nitrogens with zero attached hydrogens (tertiary/aromatic N) is 1. The molecule has 29 heavy (non-hydrogen) atoms. The van der Waals surface area contributed by atoms with Crippen molar-refractivity contribution in [2.45, 2.75) is 51.3 Å². The SMILES string of the molecule is COc1ccc(-c2nc(CS(=O)(=O)CC(=O)N[C@@H]3CCCC[C@@H]3C)c(C)o2)cc1. The van der Waals surface area contributed by atoms with Crippen molar-refractivity contribution in [1.82, 2.24) is 10.3 Å². The molecular formula is C21H28N2O5S. The zero-order chi connectivity index (χ0) is 21.0. The van der Waals surface area contributed by atoms with Crippen LogP contribution in [0.3, 0.4) is 0 Å². The number of aromatic nitrogens is 1. The normalized spacial score (nSPS) is 19.7. The van der Waals surface area contributed by atoms with E-state index in [9.17, 15) is 13.2 Å². The molecule has 1 aromatic heterocycles. The highest BCUT2D eigenvalue weighted by Crippen LogP contribution is 2.26. The van der Waals surface area contributed by atoms with Gasteiger partial charge in [0, 0.05) is 11.6 Å². The van der Waals surface area contributed by atoms with Crippen LogP contribution >= 0.6 is 0 Å². The molecule has 0 radical (unpaired) electrons. The van der Waals surface area contributed by atoms with Crippen LogP contribution in [0.1, 0.15) is 44.1 Å². The molecule has 1 fully saturated rings. The van der Waals surface area contributed by atoms with E-state index in [2.05, 4.69) is 17.2 Å². The van der Waals surface area contributed by atoms with Crippen LogP contribution in [-0.4, -0.2) is 38.2 Å². The quantitative estimate of drug-likeness (QED) is 0.738. The molecule has 0 spiro atoms. The Bertz CT molecular complexity index is 950. The predicted molar refractivity (Wildman–Crippen MR) is 110 cm³/mol. The van der Waals surface area contributed by atoms with Gasteiger partial charge in [-0.15, -0.1) is 0 Å². The lowest BCUT2D eigenvalue weighted by Gasteiger charge is -2.29. The van der Waals surface area contributed by atoms with Gasteiger partial charge in [-0.1, -0.05) is 19.8 Å². The fourth-order valence-electron chi connectivity index (χ4n) is 3.66. The zero-order valence-electron chi connectivity index (χ0n) is 17.1. The first-order valence-corrected chi connectivity index (χ1v) is 11.7. The number of aryl methyl sites for hydroxylation is 1. The standard InChI is InChI=1S/C21H28N2O5S/c1-14-6-4-5-7-18(14)22-20(24)13-29(25,26)12-19-15(2)28-21(23-19)16-8-10-17(27-3)11-9-16/h8-11,14,18H,4-7,12-13H2,1-3H3,(H,22,24)/t14-,18+/m0/s1. The van der Waals surface area contributed by atoms with Gasteiger partial charge < -0.3 is 14.5 Å². The Morgan fingerprint density at radius 1 is 1.24 bits per heavy atom. The van der Waals surface area contributed by atoms with Crippen molar-refractivity contribution in [2.24, 2.45) is 5.92 Å². The Morgan fingerprint density at radius 3 is 2.59 bits per heavy atom. The van der Waals surface area contributed by atoms with Gasteiger partial charge >= 0.3 is 0 Å². The number of rotatable bonds is 7. The molecule has 0 bridgehead atoms. The van der Waals surface area contributed by atoms with Crippen LogP contribution in [0, 0.1) is 12.8 Å². The van der Waals surface area contributed by atoms with Crippen molar-refractivity contribution < 1.29 is 22.4 Å². The van der Waals surface area contributed by atoms with E-state index < -0.39 is 21.5 Å². The second-order valence-electron chi connectivity index (χ2n) is 7.72. The van der Waals surface area contributed by atoms with Gasteiger partial charge in [0.25, 0.3) is 0 Å². The fourth-order valence-corrected chi connectivity index (χ4v) is 4.93. The Labute approximate surface area is 171 Å². The smallest absolute Gasteiger partial charge is 0.235 e. The molecule has 0 unspecified atom stereocenters. The minimum atomic E-state index is -3.66. The first-order chi connectivity index (χ1) is 13.8. The van der Waals surface area contributed by atoms with E-state index in [1.165, 1.54) is 0 Å². The van der Waals surface area contributed by atoms with E-state index in [1.807, 2.05) is 0 Å². The molecule has 1 amide bonds. The number of carbonyl (C=O) groups excluding carboxylic acids is 1. The molecule has 0 aliphatic heterocycles. The molecule has 2 aromatic rings. The summed E-state index contributed by atoms with van der Waals surface area (Å²) in [6.07, 6.45) is 4.19. The summed E-state index contributed by atoms with van der Waals surface area (Å²) < 4.78 is 35.9. The number of ether oxygens (including phenoxy) is 1. The Hall–Kier alpha value is -2.35. The number of oxazole rings is 1. The maximum Gasteiger partial charge on any atom is 0.235 e. The number of hydrogen-bond donors (Lipinski definition) is 1. The molecule has 2 atom stereocenters. The van der Waals surface area contributed by atoms with Gasteiger partial charge in [0.15, 0.2) is 9.84 Å². The number of nitrogens with one attached hydrogen (secondary N) is 1. The monoisotopic (exact) mass is 420 g/mol. The minimum Gasteiger partial charge on any atom is -0.497 e. The molecule has 3 rings (SSSR count). The summed E-state index contributed by atoms with van der Waals surface area (Å²) in [5.41, 5.74) is 1.05. The molecule has 8 heteroatoms. The highest BCUT2D eigenvalue weighted by Gasteiger charge is 2.26. The Morgan fingerprint density at radius 2 is 1.93 bits per heavy atom. The number of sulfone groups is 1. The largest absolute Gasteiger partial charge is 0.497 e. The third-order valence-corrected chi connectivity index (χ3v) is 6.81. The molecule has 1 aliphatic carbocycles. The van der Waals surface area contributed by atoms with Crippen LogP contribution in [0.2, 0.25) is 0 Å². The number of hydrogen-bond acceptors (Lipinski definition) is 6. The lowest BCUT2D eigenvalue weighted by molar-refractivity contribution is -0.119. The van der Waals surface area contributed by atoms with Gasteiger partial charge in [0.05, 0.1) is 18.6 Å². The van der Waals surface area contributed by atoms with Crippen molar-refractivity contribution in [2.75, 3.05) is 12.9 Å². The molecule has 1 saturated carbocycles. The predicted octanol–water partition coefficient (Wildman–Crippen LogP) is 3.27. The number of carbonyl (C=O) groups is 1. The van der Waals surface area contributed by atoms with Gasteiger partial charge in [0.2, 0.25) is 11.8 Å². The van der Waals surface area contributed by atoms with E-state index in [4.69, 9.17) is 9.15 Å². The van der Waals surface area contributed by atoms with Crippen molar-refractivity contribution in [3.8, 4) is 17.2 Å². The van der Waals surface area contributed by atoms with E-state index in [0.717, 1.165) is 31.2 Å². The van der Waals surface area contributed by atoms with E-state index >= 15 is 0 Å². The highest BCUT2D eigenvalue weighted by atomic mass is 32.2. The van der Waals surface area contributed by atoms with Crippen molar-refractivity contribution >= 4 is 15.7 Å². The molecule has 1 heterocycles. The third kappa shape index (κ3) is 5.59. The van der Waals surface area contributed by atoms with Gasteiger partial charge in [0.1, 0.15) is 17.3 Å². The lowest BCUT2D eigenvalue weighted by Crippen LogP contribution is -2.43. The zero-order valence-corrected chi connectivity index (χ0v) is 17.9. The molecule has 0 saturated heterocycles. The maximum atomic E-state index is 12.6. The van der Waals surface area contributed by atoms with Gasteiger partial charge in [-0.05, 0) is 49.9 Å². The van der Waals surface area contributed by atoms with Crippen LogP contribution in [0.15, 0.2) is 28.7 Å². The van der Waals surface area contributed by atoms with Crippen molar-refractivity contribution in [1.29, 1.82) is 0 Å². The van der Waals surface area contributed by atoms with Gasteiger partial charge in [-0.3, -0.25) is 4.79 Å². The van der Waals surface area contributed by atoms with Crippen LogP contribution in [0.25, 0.3) is 11.5 Å². The average Bonchev–Trinajstić information content (AvgIpc) is 3.03. The lowest BCUT2D eigenvalue weighted by atomic mass is 9.86. The van der Waals surface area contributed by atoms with E-state index in [1.54, 1.807) is 38.3 Å². The second kappa shape index (κ2) is 8.98. The van der Waals surface area contributed by atoms with Gasteiger partial charge in [-0.25, -0.2) is 13.4 Å². The van der Waals surface area contributed by atoms with Crippen LogP contribution in [-0.2, 0) is 20.4 Å². The number of amides is 1. The van der Waals surface area contributed by atoms with Crippen LogP contribution < -0.4 is 10.1 Å². The molecule has 158 valence electrons.